The second kappa shape index (κ2) is 19.4. The lowest BCUT2D eigenvalue weighted by molar-refractivity contribution is -0.432. The number of esters is 1. The number of aromatic hydroxyl groups is 1. The minimum atomic E-state index is -4.93. The van der Waals surface area contributed by atoms with E-state index in [1.54, 1.807) is 6.92 Å². The van der Waals surface area contributed by atoms with Crippen molar-refractivity contribution in [1.29, 1.82) is 0 Å². The van der Waals surface area contributed by atoms with Gasteiger partial charge in [-0.2, -0.15) is 36.7 Å². The Labute approximate surface area is 319 Å². The van der Waals surface area contributed by atoms with E-state index in [0.29, 0.717) is 33.8 Å². The molecular weight excluding hydrogens is 821 g/mol. The third-order valence-electron chi connectivity index (χ3n) is 6.66. The minimum absolute atomic E-state index is 0.0455. The van der Waals surface area contributed by atoms with Gasteiger partial charge >= 0.3 is 5.97 Å². The number of allylic oxidation sites excluding steroid dienone is 4. The average molecular weight is 849 g/mol. The molecule has 2 heterocycles. The molecule has 22 nitrogen and oxygen atoms in total. The Balaban J connectivity index is 1.74. The van der Waals surface area contributed by atoms with E-state index in [1.165, 1.54) is 49.4 Å². The number of anilines is 1. The molecule has 1 aliphatic heterocycles. The van der Waals surface area contributed by atoms with Gasteiger partial charge in [-0.15, -0.1) is 8.67 Å². The van der Waals surface area contributed by atoms with Crippen LogP contribution in [0.4, 0.5) is 5.69 Å². The molecule has 26 heteroatoms. The first-order chi connectivity index (χ1) is 26.2. The molecule has 5 N–H and O–H groups in total. The number of carbonyl (C=O) groups is 2. The molecule has 0 bridgehead atoms. The number of hydrogen-bond donors (Lipinski definition) is 5. The Morgan fingerprint density at radius 3 is 2.02 bits per heavy atom. The van der Waals surface area contributed by atoms with Crippen LogP contribution in [-0.2, 0) is 58.3 Å². The van der Waals surface area contributed by atoms with Crippen molar-refractivity contribution >= 4 is 73.7 Å². The standard InChI is InChI=1S/C29H28N4O18S4/c1-3-45-29(36)26-20(28(35)33(31-26)23-15-18(53-51-49-38)11-13-25(23)55(42,43)44)9-7-5-6-8-19-21(16-47-46-4-2)30-32(27(19)34)22-14-17(52-50-48-37)10-12-24(22)54(39,40)41/h5-15,35,37-38H,3-4,16H2,1-2H3,(H,39,40,41)(H,42,43,44)/b6-5+,9-7+,19-8+. The van der Waals surface area contributed by atoms with Crippen LogP contribution in [0.3, 0.4) is 0 Å². The van der Waals surface area contributed by atoms with Crippen molar-refractivity contribution in [2.75, 3.05) is 24.8 Å². The number of amides is 1. The van der Waals surface area contributed by atoms with E-state index in [4.69, 9.17) is 25.0 Å². The third-order valence-corrected chi connectivity index (χ3v) is 9.61. The van der Waals surface area contributed by atoms with Gasteiger partial charge in [0, 0.05) is 9.79 Å². The molecule has 296 valence electrons. The maximum Gasteiger partial charge on any atom is 0.359 e. The lowest BCUT2D eigenvalue weighted by Gasteiger charge is -2.15. The molecule has 0 saturated carbocycles. The largest absolute Gasteiger partial charge is 0.493 e. The number of nitrogens with zero attached hydrogens (tertiary/aromatic N) is 4. The quantitative estimate of drug-likeness (QED) is 0.0167. The molecule has 1 aromatic heterocycles. The summed E-state index contributed by atoms with van der Waals surface area (Å²) in [6, 6.07) is 6.44. The number of hydrazone groups is 1. The van der Waals surface area contributed by atoms with Crippen LogP contribution < -0.4 is 5.01 Å². The summed E-state index contributed by atoms with van der Waals surface area (Å²) in [6.45, 7) is 2.75. The second-order valence-corrected chi connectivity index (χ2v) is 14.4. The molecule has 2 aromatic carbocycles. The molecule has 4 rings (SSSR count). The summed E-state index contributed by atoms with van der Waals surface area (Å²) in [5.74, 6) is -2.69. The van der Waals surface area contributed by atoms with Crippen molar-refractivity contribution in [3.8, 4) is 11.6 Å². The first-order valence-electron chi connectivity index (χ1n) is 14.9. The van der Waals surface area contributed by atoms with Gasteiger partial charge in [0.25, 0.3) is 26.1 Å². The van der Waals surface area contributed by atoms with Crippen molar-refractivity contribution in [3.63, 3.8) is 0 Å². The highest BCUT2D eigenvalue weighted by molar-refractivity contribution is 7.94. The van der Waals surface area contributed by atoms with E-state index < -0.39 is 71.5 Å². The molecule has 0 unspecified atom stereocenters. The van der Waals surface area contributed by atoms with E-state index >= 15 is 0 Å². The van der Waals surface area contributed by atoms with Crippen LogP contribution in [0.25, 0.3) is 11.8 Å². The number of hydrogen-bond acceptors (Lipinski definition) is 20. The van der Waals surface area contributed by atoms with Crippen molar-refractivity contribution < 1.29 is 84.4 Å². The summed E-state index contributed by atoms with van der Waals surface area (Å²) >= 11 is 0.859. The molecule has 0 radical (unpaired) electrons. The van der Waals surface area contributed by atoms with Crippen LogP contribution in [0, 0.1) is 0 Å². The molecule has 0 atom stereocenters. The summed E-state index contributed by atoms with van der Waals surface area (Å²) in [7, 11) is -9.83. The molecular formula is C29H28N4O18S4. The van der Waals surface area contributed by atoms with Crippen LogP contribution in [-0.4, -0.2) is 88.8 Å². The minimum Gasteiger partial charge on any atom is -0.493 e. The lowest BCUT2D eigenvalue weighted by atomic mass is 10.1. The van der Waals surface area contributed by atoms with Crippen molar-refractivity contribution in [1.82, 2.24) is 9.78 Å². The average Bonchev–Trinajstić information content (AvgIpc) is 3.63. The van der Waals surface area contributed by atoms with E-state index in [1.807, 2.05) is 0 Å². The predicted octanol–water partition coefficient (Wildman–Crippen LogP) is 3.97. The van der Waals surface area contributed by atoms with Crippen LogP contribution in [0.5, 0.6) is 5.88 Å². The maximum absolute atomic E-state index is 13.6. The van der Waals surface area contributed by atoms with E-state index in [9.17, 15) is 40.6 Å². The van der Waals surface area contributed by atoms with Gasteiger partial charge in [-0.3, -0.25) is 13.9 Å². The zero-order chi connectivity index (χ0) is 40.3. The first kappa shape index (κ1) is 43.2. The fourth-order valence-electron chi connectivity index (χ4n) is 4.51. The summed E-state index contributed by atoms with van der Waals surface area (Å²) in [5.41, 5.74) is -1.78. The second-order valence-electron chi connectivity index (χ2n) is 10.0. The summed E-state index contributed by atoms with van der Waals surface area (Å²) in [5, 5.41) is 44.1. The van der Waals surface area contributed by atoms with Crippen LogP contribution in [0.1, 0.15) is 29.9 Å². The molecule has 0 aliphatic carbocycles. The summed E-state index contributed by atoms with van der Waals surface area (Å²) < 4.78 is 82.8. The van der Waals surface area contributed by atoms with E-state index in [0.717, 1.165) is 24.3 Å². The predicted molar refractivity (Wildman–Crippen MR) is 187 cm³/mol. The Morgan fingerprint density at radius 2 is 1.45 bits per heavy atom. The number of rotatable bonds is 19. The molecule has 0 fully saturated rings. The Morgan fingerprint density at radius 1 is 0.855 bits per heavy atom. The van der Waals surface area contributed by atoms with Gasteiger partial charge in [-0.1, -0.05) is 28.3 Å². The molecule has 1 amide bonds. The van der Waals surface area contributed by atoms with E-state index in [-0.39, 0.29) is 39.9 Å². The SMILES string of the molecule is CCOOCC1=NN(c2cc(SOOO)ccc2S(=O)(=O)O)C(=O)/C1=C/C=C/C=C/c1c(C(=O)OCC)nn(-c2cc(SOOO)ccc2S(=O)(=O)O)c1O. The third kappa shape index (κ3) is 10.8. The fraction of sp³-hybridized carbons (Fsp3) is 0.172. The van der Waals surface area contributed by atoms with Crippen LogP contribution in [0.15, 0.2) is 91.0 Å². The Bertz CT molecular complexity index is 2250. The number of carbonyl (C=O) groups excluding carboxylic acids is 2. The van der Waals surface area contributed by atoms with Gasteiger partial charge in [-0.05, 0) is 62.4 Å². The van der Waals surface area contributed by atoms with Gasteiger partial charge in [0.1, 0.15) is 22.1 Å². The zero-order valence-corrected chi connectivity index (χ0v) is 31.2. The Kier molecular flexibility index (Phi) is 15.2. The van der Waals surface area contributed by atoms with E-state index in [2.05, 4.69) is 28.9 Å². The lowest BCUT2D eigenvalue weighted by Crippen LogP contribution is -2.23. The molecule has 0 spiro atoms. The van der Waals surface area contributed by atoms with Gasteiger partial charge in [0.2, 0.25) is 5.88 Å². The molecule has 3 aromatic rings. The molecule has 0 saturated heterocycles. The Hall–Kier alpha value is -4.52. The molecule has 1 aliphatic rings. The normalized spacial score (nSPS) is 14.5. The van der Waals surface area contributed by atoms with Crippen molar-refractivity contribution in [2.24, 2.45) is 5.10 Å². The number of ether oxygens (including phenoxy) is 1. The smallest absolute Gasteiger partial charge is 0.359 e. The van der Waals surface area contributed by atoms with Crippen molar-refractivity contribution in [2.45, 2.75) is 33.4 Å². The topological polar surface area (TPSA) is 302 Å². The van der Waals surface area contributed by atoms with Gasteiger partial charge in [0.15, 0.2) is 5.69 Å². The first-order valence-corrected chi connectivity index (χ1v) is 19.3. The monoisotopic (exact) mass is 848 g/mol. The fourth-order valence-corrected chi connectivity index (χ4v) is 6.59. The summed E-state index contributed by atoms with van der Waals surface area (Å²) in [4.78, 5) is 35.2. The van der Waals surface area contributed by atoms with Gasteiger partial charge in [-0.25, -0.2) is 25.1 Å². The van der Waals surface area contributed by atoms with Crippen LogP contribution in [0.2, 0.25) is 0 Å². The highest BCUT2D eigenvalue weighted by Crippen LogP contribution is 2.35. The summed E-state index contributed by atoms with van der Waals surface area (Å²) in [6.07, 6.45) is 6.37. The zero-order valence-electron chi connectivity index (χ0n) is 27.9. The number of aromatic nitrogens is 2. The number of benzene rings is 2. The maximum atomic E-state index is 13.6. The molecule has 55 heavy (non-hydrogen) atoms. The van der Waals surface area contributed by atoms with Crippen molar-refractivity contribution in [3.05, 3.63) is 77.5 Å². The van der Waals surface area contributed by atoms with Gasteiger partial charge in [0.05, 0.1) is 59.8 Å². The van der Waals surface area contributed by atoms with Gasteiger partial charge < -0.3 is 9.84 Å². The highest BCUT2D eigenvalue weighted by atomic mass is 32.2. The van der Waals surface area contributed by atoms with Crippen LogP contribution >= 0.6 is 24.1 Å². The highest BCUT2D eigenvalue weighted by Gasteiger charge is 2.35.